The van der Waals surface area contributed by atoms with Crippen molar-refractivity contribution in [2.45, 2.75) is 51.4 Å². The van der Waals surface area contributed by atoms with Gasteiger partial charge in [-0.25, -0.2) is 15.0 Å². The molecule has 2 aromatic heterocycles. The van der Waals surface area contributed by atoms with Gasteiger partial charge in [0.15, 0.2) is 17.5 Å². The maximum absolute atomic E-state index is 9.38. The van der Waals surface area contributed by atoms with E-state index in [1.807, 2.05) is 42.5 Å². The Morgan fingerprint density at radius 2 is 1.14 bits per heavy atom. The molecule has 7 aromatic rings. The second-order valence-electron chi connectivity index (χ2n) is 14.9. The van der Waals surface area contributed by atoms with Crippen LogP contribution in [-0.4, -0.2) is 19.5 Å². The van der Waals surface area contributed by atoms with E-state index in [9.17, 15) is 5.26 Å². The molecule has 50 heavy (non-hydrogen) atoms. The summed E-state index contributed by atoms with van der Waals surface area (Å²) in [5.74, 6) is 4.15. The second kappa shape index (κ2) is 12.1. The zero-order valence-corrected chi connectivity index (χ0v) is 28.6. The van der Waals surface area contributed by atoms with Crippen LogP contribution in [-0.2, 0) is 5.41 Å². The largest absolute Gasteiger partial charge is 0.309 e. The molecule has 2 unspecified atom stereocenters. The lowest BCUT2D eigenvalue weighted by Crippen LogP contribution is -2.42. The van der Waals surface area contributed by atoms with Crippen molar-refractivity contribution in [3.05, 3.63) is 132 Å². The van der Waals surface area contributed by atoms with Crippen molar-refractivity contribution in [1.29, 1.82) is 5.26 Å². The highest BCUT2D eigenvalue weighted by molar-refractivity contribution is 6.10. The van der Waals surface area contributed by atoms with Gasteiger partial charge < -0.3 is 4.57 Å². The number of nitrogens with zero attached hydrogens (tertiary/aromatic N) is 5. The number of benzene rings is 5. The van der Waals surface area contributed by atoms with Gasteiger partial charge in [-0.15, -0.1) is 0 Å². The Hall–Kier alpha value is -5.60. The lowest BCUT2D eigenvalue weighted by atomic mass is 9.54. The maximum atomic E-state index is 9.38. The molecule has 244 valence electrons. The highest BCUT2D eigenvalue weighted by Crippen LogP contribution is 2.54. The molecule has 5 aromatic carbocycles. The van der Waals surface area contributed by atoms with Crippen LogP contribution in [0.1, 0.15) is 57.1 Å². The highest BCUT2D eigenvalue weighted by Gasteiger charge is 2.45. The van der Waals surface area contributed by atoms with Gasteiger partial charge in [0.05, 0.1) is 22.7 Å². The minimum absolute atomic E-state index is 0.248. The van der Waals surface area contributed by atoms with Gasteiger partial charge in [0.2, 0.25) is 0 Å². The second-order valence-corrected chi connectivity index (χ2v) is 14.9. The molecule has 5 nitrogen and oxygen atoms in total. The van der Waals surface area contributed by atoms with Crippen molar-refractivity contribution >= 4 is 21.8 Å². The van der Waals surface area contributed by atoms with Gasteiger partial charge in [-0.05, 0) is 109 Å². The summed E-state index contributed by atoms with van der Waals surface area (Å²) in [4.78, 5) is 15.0. The van der Waals surface area contributed by atoms with Gasteiger partial charge >= 0.3 is 0 Å². The van der Waals surface area contributed by atoms with Crippen LogP contribution in [0.4, 0.5) is 0 Å². The van der Waals surface area contributed by atoms with Gasteiger partial charge in [-0.2, -0.15) is 5.26 Å². The van der Waals surface area contributed by atoms with Crippen LogP contribution in [0.15, 0.2) is 121 Å². The molecule has 2 heterocycles. The summed E-state index contributed by atoms with van der Waals surface area (Å²) in [5, 5.41) is 11.9. The van der Waals surface area contributed by atoms with E-state index >= 15 is 0 Å². The maximum Gasteiger partial charge on any atom is 0.164 e. The standard InChI is InChI=1S/C45H39N5/c1-29-21-32-22-30(2)26-45(25-29,27-32)36-18-20-39-38-19-17-35(23-40(38)50(41(39)24-36)37-11-7-4-8-12-37)44-48-42(33-9-5-3-6-10-33)47-43(49-44)34-15-13-31(28-46)14-16-34/h3-20,23-24,29-30,32H,21-22,25-27H2,1-2H3/t29-,30+,32?,45?. The highest BCUT2D eigenvalue weighted by atomic mass is 15.0. The van der Waals surface area contributed by atoms with Crippen molar-refractivity contribution in [1.82, 2.24) is 19.5 Å². The van der Waals surface area contributed by atoms with Gasteiger partial charge in [0, 0.05) is 33.2 Å². The summed E-state index contributed by atoms with van der Waals surface area (Å²) in [7, 11) is 0. The molecule has 2 aliphatic carbocycles. The molecule has 2 fully saturated rings. The number of para-hydroxylation sites is 1. The lowest BCUT2D eigenvalue weighted by Gasteiger charge is -2.50. The van der Waals surface area contributed by atoms with Crippen molar-refractivity contribution < 1.29 is 0 Å². The monoisotopic (exact) mass is 649 g/mol. The van der Waals surface area contributed by atoms with Gasteiger partial charge in [-0.1, -0.05) is 86.6 Å². The van der Waals surface area contributed by atoms with Gasteiger partial charge in [-0.3, -0.25) is 0 Å². The number of hydrogen-bond donors (Lipinski definition) is 0. The van der Waals surface area contributed by atoms with Gasteiger partial charge in [0.25, 0.3) is 0 Å². The molecule has 0 radical (unpaired) electrons. The zero-order valence-electron chi connectivity index (χ0n) is 28.6. The fraction of sp³-hybridized carbons (Fsp3) is 0.244. The predicted molar refractivity (Wildman–Crippen MR) is 202 cm³/mol. The Morgan fingerprint density at radius 3 is 1.78 bits per heavy atom. The third-order valence-corrected chi connectivity index (χ3v) is 11.2. The SMILES string of the molecule is C[C@@H]1CC2C[C@H](C)CC(c3ccc4c5ccc(-c6nc(-c7ccccc7)nc(-c7ccc(C#N)cc7)n6)cc5n(-c5ccccc5)c4c3)(C2)C1. The minimum Gasteiger partial charge on any atom is -0.309 e. The molecule has 9 rings (SSSR count). The van der Waals surface area contributed by atoms with E-state index in [1.165, 1.54) is 54.0 Å². The van der Waals surface area contributed by atoms with E-state index in [-0.39, 0.29) is 5.41 Å². The van der Waals surface area contributed by atoms with Crippen LogP contribution in [0, 0.1) is 29.1 Å². The average molecular weight is 650 g/mol. The third-order valence-electron chi connectivity index (χ3n) is 11.2. The summed E-state index contributed by atoms with van der Waals surface area (Å²) >= 11 is 0. The predicted octanol–water partition coefficient (Wildman–Crippen LogP) is 10.9. The van der Waals surface area contributed by atoms with E-state index in [1.54, 1.807) is 12.1 Å². The third kappa shape index (κ3) is 5.27. The normalized spacial score (nSPS) is 21.7. The van der Waals surface area contributed by atoms with E-state index in [2.05, 4.69) is 91.2 Å². The molecular weight excluding hydrogens is 611 g/mol. The van der Waals surface area contributed by atoms with Crippen LogP contribution in [0.5, 0.6) is 0 Å². The first-order chi connectivity index (χ1) is 24.5. The smallest absolute Gasteiger partial charge is 0.164 e. The van der Waals surface area contributed by atoms with Crippen LogP contribution in [0.25, 0.3) is 61.7 Å². The Labute approximate surface area is 293 Å². The van der Waals surface area contributed by atoms with Crippen LogP contribution in [0.3, 0.4) is 0 Å². The molecule has 0 amide bonds. The number of rotatable bonds is 5. The Balaban J connectivity index is 1.24. The van der Waals surface area contributed by atoms with Crippen LogP contribution in [0.2, 0.25) is 0 Å². The quantitative estimate of drug-likeness (QED) is 0.186. The molecule has 0 saturated heterocycles. The molecule has 0 spiro atoms. The fourth-order valence-corrected chi connectivity index (χ4v) is 9.44. The number of nitriles is 1. The Bertz CT molecular complexity index is 2380. The Kier molecular flexibility index (Phi) is 7.35. The van der Waals surface area contributed by atoms with E-state index in [4.69, 9.17) is 15.0 Å². The summed E-state index contributed by atoms with van der Waals surface area (Å²) in [5.41, 5.74) is 8.57. The summed E-state index contributed by atoms with van der Waals surface area (Å²) < 4.78 is 2.44. The summed E-state index contributed by atoms with van der Waals surface area (Å²) in [6, 6.07) is 44.4. The van der Waals surface area contributed by atoms with Gasteiger partial charge in [0.1, 0.15) is 0 Å². The molecular formula is C45H39N5. The molecule has 2 aliphatic rings. The first-order valence-corrected chi connectivity index (χ1v) is 17.9. The van der Waals surface area contributed by atoms with Crippen LogP contribution >= 0.6 is 0 Å². The lowest BCUT2D eigenvalue weighted by molar-refractivity contribution is 0.0781. The van der Waals surface area contributed by atoms with Crippen molar-refractivity contribution in [3.8, 4) is 45.9 Å². The first-order valence-electron chi connectivity index (χ1n) is 17.9. The average Bonchev–Trinajstić information content (AvgIpc) is 3.48. The topological polar surface area (TPSA) is 67.4 Å². The number of hydrogen-bond acceptors (Lipinski definition) is 4. The molecule has 0 N–H and O–H groups in total. The van der Waals surface area contributed by atoms with Crippen molar-refractivity contribution in [3.63, 3.8) is 0 Å². The molecule has 5 heteroatoms. The molecule has 2 saturated carbocycles. The summed E-state index contributed by atoms with van der Waals surface area (Å²) in [6.07, 6.45) is 6.61. The summed E-state index contributed by atoms with van der Waals surface area (Å²) in [6.45, 7) is 4.93. The Morgan fingerprint density at radius 1 is 0.600 bits per heavy atom. The van der Waals surface area contributed by atoms with E-state index < -0.39 is 0 Å². The fourth-order valence-electron chi connectivity index (χ4n) is 9.44. The number of aromatic nitrogens is 4. The minimum atomic E-state index is 0.248. The van der Waals surface area contributed by atoms with Crippen molar-refractivity contribution in [2.24, 2.45) is 17.8 Å². The van der Waals surface area contributed by atoms with E-state index in [0.717, 1.165) is 45.6 Å². The van der Waals surface area contributed by atoms with Crippen molar-refractivity contribution in [2.75, 3.05) is 0 Å². The molecule has 2 bridgehead atoms. The molecule has 4 atom stereocenters. The van der Waals surface area contributed by atoms with Crippen LogP contribution < -0.4 is 0 Å². The number of fused-ring (bicyclic) bond motifs is 5. The first kappa shape index (κ1) is 30.5. The zero-order chi connectivity index (χ0) is 33.8. The van der Waals surface area contributed by atoms with E-state index in [0.29, 0.717) is 23.0 Å². The molecule has 0 aliphatic heterocycles.